The van der Waals surface area contributed by atoms with E-state index in [0.717, 1.165) is 11.1 Å². The van der Waals surface area contributed by atoms with E-state index in [2.05, 4.69) is 9.97 Å². The second-order valence-electron chi connectivity index (χ2n) is 5.55. The summed E-state index contributed by atoms with van der Waals surface area (Å²) >= 11 is 0. The Labute approximate surface area is 129 Å². The molecule has 22 heavy (non-hydrogen) atoms. The SMILES string of the molecule is O=C(Cc1cc[nH]c1)N1CCN(C(=O)Cc2cc[nH]c2)CC1. The van der Waals surface area contributed by atoms with E-state index in [1.165, 1.54) is 0 Å². The van der Waals surface area contributed by atoms with E-state index in [4.69, 9.17) is 0 Å². The molecule has 1 fully saturated rings. The van der Waals surface area contributed by atoms with Gasteiger partial charge in [-0.15, -0.1) is 0 Å². The summed E-state index contributed by atoms with van der Waals surface area (Å²) in [7, 11) is 0. The average Bonchev–Trinajstić information content (AvgIpc) is 3.21. The van der Waals surface area contributed by atoms with Gasteiger partial charge < -0.3 is 19.8 Å². The van der Waals surface area contributed by atoms with Crippen LogP contribution in [0.2, 0.25) is 0 Å². The molecule has 0 unspecified atom stereocenters. The first-order valence-corrected chi connectivity index (χ1v) is 7.51. The number of rotatable bonds is 4. The number of nitrogens with zero attached hydrogens (tertiary/aromatic N) is 2. The van der Waals surface area contributed by atoms with E-state index in [-0.39, 0.29) is 11.8 Å². The molecule has 3 heterocycles. The van der Waals surface area contributed by atoms with Crippen molar-refractivity contribution in [3.8, 4) is 0 Å². The highest BCUT2D eigenvalue weighted by molar-refractivity contribution is 5.81. The van der Waals surface area contributed by atoms with Gasteiger partial charge in [0.2, 0.25) is 11.8 Å². The number of carbonyl (C=O) groups excluding carboxylic acids is 2. The van der Waals surface area contributed by atoms with Crippen molar-refractivity contribution in [1.29, 1.82) is 0 Å². The maximum Gasteiger partial charge on any atom is 0.227 e. The molecule has 116 valence electrons. The molecular weight excluding hydrogens is 280 g/mol. The number of amides is 2. The molecule has 2 aromatic heterocycles. The van der Waals surface area contributed by atoms with Crippen LogP contribution in [0.25, 0.3) is 0 Å². The quantitative estimate of drug-likeness (QED) is 0.876. The Balaban J connectivity index is 1.47. The first-order chi connectivity index (χ1) is 10.7. The summed E-state index contributed by atoms with van der Waals surface area (Å²) in [6.45, 7) is 2.45. The first kappa shape index (κ1) is 14.4. The summed E-state index contributed by atoms with van der Waals surface area (Å²) in [6, 6.07) is 3.82. The summed E-state index contributed by atoms with van der Waals surface area (Å²) in [6.07, 6.45) is 8.16. The number of piperazine rings is 1. The Kier molecular flexibility index (Phi) is 4.27. The number of nitrogens with one attached hydrogen (secondary N) is 2. The molecule has 2 amide bonds. The minimum atomic E-state index is 0.123. The molecule has 0 aliphatic carbocycles. The van der Waals surface area contributed by atoms with E-state index in [0.29, 0.717) is 39.0 Å². The molecule has 2 aromatic rings. The third-order valence-electron chi connectivity index (χ3n) is 4.02. The molecule has 0 bridgehead atoms. The average molecular weight is 300 g/mol. The van der Waals surface area contributed by atoms with E-state index in [1.807, 2.05) is 46.7 Å². The highest BCUT2D eigenvalue weighted by Gasteiger charge is 2.24. The maximum atomic E-state index is 12.2. The van der Waals surface area contributed by atoms with Crippen LogP contribution >= 0.6 is 0 Å². The van der Waals surface area contributed by atoms with Gasteiger partial charge in [-0.2, -0.15) is 0 Å². The molecule has 1 aliphatic rings. The van der Waals surface area contributed by atoms with Gasteiger partial charge in [0, 0.05) is 51.0 Å². The molecule has 1 saturated heterocycles. The van der Waals surface area contributed by atoms with Gasteiger partial charge in [-0.25, -0.2) is 0 Å². The number of hydrogen-bond donors (Lipinski definition) is 2. The lowest BCUT2D eigenvalue weighted by Gasteiger charge is -2.34. The molecule has 6 nitrogen and oxygen atoms in total. The largest absolute Gasteiger partial charge is 0.367 e. The highest BCUT2D eigenvalue weighted by atomic mass is 16.2. The zero-order valence-electron chi connectivity index (χ0n) is 12.4. The van der Waals surface area contributed by atoms with Crippen molar-refractivity contribution in [2.75, 3.05) is 26.2 Å². The van der Waals surface area contributed by atoms with Crippen LogP contribution in [0.1, 0.15) is 11.1 Å². The Morgan fingerprint density at radius 1 is 0.818 bits per heavy atom. The van der Waals surface area contributed by atoms with Gasteiger partial charge in [0.25, 0.3) is 0 Å². The Morgan fingerprint density at radius 3 is 1.55 bits per heavy atom. The standard InChI is InChI=1S/C16H20N4O2/c21-15(9-13-1-3-17-11-13)19-5-7-20(8-6-19)16(22)10-14-2-4-18-12-14/h1-4,11-12,17-18H,5-10H2. The number of aromatic nitrogens is 2. The van der Waals surface area contributed by atoms with Gasteiger partial charge in [0.05, 0.1) is 12.8 Å². The topological polar surface area (TPSA) is 72.2 Å². The van der Waals surface area contributed by atoms with Gasteiger partial charge in [-0.1, -0.05) is 0 Å². The normalized spacial score (nSPS) is 15.1. The molecule has 1 aliphatic heterocycles. The molecule has 2 N–H and O–H groups in total. The Hall–Kier alpha value is -2.50. The van der Waals surface area contributed by atoms with Crippen LogP contribution in [0.5, 0.6) is 0 Å². The lowest BCUT2D eigenvalue weighted by Crippen LogP contribution is -2.51. The zero-order chi connectivity index (χ0) is 15.4. The summed E-state index contributed by atoms with van der Waals surface area (Å²) in [5.74, 6) is 0.245. The summed E-state index contributed by atoms with van der Waals surface area (Å²) in [4.78, 5) is 34.0. The van der Waals surface area contributed by atoms with Gasteiger partial charge >= 0.3 is 0 Å². The van der Waals surface area contributed by atoms with Crippen molar-refractivity contribution >= 4 is 11.8 Å². The summed E-state index contributed by atoms with van der Waals surface area (Å²) < 4.78 is 0. The molecular formula is C16H20N4O2. The second kappa shape index (κ2) is 6.51. The fourth-order valence-electron chi connectivity index (χ4n) is 2.71. The lowest BCUT2D eigenvalue weighted by molar-refractivity contribution is -0.138. The summed E-state index contributed by atoms with van der Waals surface area (Å²) in [5, 5.41) is 0. The van der Waals surface area contributed by atoms with Crippen molar-refractivity contribution in [2.45, 2.75) is 12.8 Å². The van der Waals surface area contributed by atoms with Crippen LogP contribution in [0, 0.1) is 0 Å². The predicted molar refractivity (Wildman–Crippen MR) is 82.2 cm³/mol. The minimum absolute atomic E-state index is 0.123. The van der Waals surface area contributed by atoms with Crippen LogP contribution in [0.3, 0.4) is 0 Å². The van der Waals surface area contributed by atoms with Gasteiger partial charge in [0.15, 0.2) is 0 Å². The van der Waals surface area contributed by atoms with Crippen LogP contribution in [0.4, 0.5) is 0 Å². The zero-order valence-corrected chi connectivity index (χ0v) is 12.4. The van der Waals surface area contributed by atoms with Crippen molar-refractivity contribution in [3.63, 3.8) is 0 Å². The van der Waals surface area contributed by atoms with E-state index in [1.54, 1.807) is 0 Å². The van der Waals surface area contributed by atoms with Crippen molar-refractivity contribution in [1.82, 2.24) is 19.8 Å². The van der Waals surface area contributed by atoms with Crippen molar-refractivity contribution in [3.05, 3.63) is 48.0 Å². The third-order valence-corrected chi connectivity index (χ3v) is 4.02. The number of hydrogen-bond acceptors (Lipinski definition) is 2. The fraction of sp³-hybridized carbons (Fsp3) is 0.375. The fourth-order valence-corrected chi connectivity index (χ4v) is 2.71. The van der Waals surface area contributed by atoms with E-state index >= 15 is 0 Å². The van der Waals surface area contributed by atoms with Crippen molar-refractivity contribution < 1.29 is 9.59 Å². The second-order valence-corrected chi connectivity index (χ2v) is 5.55. The maximum absolute atomic E-state index is 12.2. The molecule has 0 atom stereocenters. The van der Waals surface area contributed by atoms with Crippen LogP contribution < -0.4 is 0 Å². The first-order valence-electron chi connectivity index (χ1n) is 7.51. The van der Waals surface area contributed by atoms with Crippen LogP contribution in [0.15, 0.2) is 36.9 Å². The number of aromatic amines is 2. The van der Waals surface area contributed by atoms with Crippen LogP contribution in [-0.4, -0.2) is 57.8 Å². The van der Waals surface area contributed by atoms with Gasteiger partial charge in [-0.05, 0) is 23.3 Å². The Bertz CT molecular complexity index is 554. The molecule has 0 spiro atoms. The number of H-pyrrole nitrogens is 2. The van der Waals surface area contributed by atoms with E-state index in [9.17, 15) is 9.59 Å². The lowest BCUT2D eigenvalue weighted by atomic mass is 10.2. The molecule has 0 aromatic carbocycles. The Morgan fingerprint density at radius 2 is 1.23 bits per heavy atom. The minimum Gasteiger partial charge on any atom is -0.367 e. The smallest absolute Gasteiger partial charge is 0.227 e. The highest BCUT2D eigenvalue weighted by Crippen LogP contribution is 2.09. The third kappa shape index (κ3) is 3.39. The summed E-state index contributed by atoms with van der Waals surface area (Å²) in [5.41, 5.74) is 1.99. The predicted octanol–water partition coefficient (Wildman–Crippen LogP) is 0.799. The molecule has 6 heteroatoms. The number of carbonyl (C=O) groups is 2. The van der Waals surface area contributed by atoms with E-state index < -0.39 is 0 Å². The molecule has 3 rings (SSSR count). The molecule has 0 saturated carbocycles. The van der Waals surface area contributed by atoms with Crippen LogP contribution in [-0.2, 0) is 22.4 Å². The van der Waals surface area contributed by atoms with Gasteiger partial charge in [-0.3, -0.25) is 9.59 Å². The van der Waals surface area contributed by atoms with Gasteiger partial charge in [0.1, 0.15) is 0 Å². The van der Waals surface area contributed by atoms with Crippen molar-refractivity contribution in [2.24, 2.45) is 0 Å². The monoisotopic (exact) mass is 300 g/mol. The molecule has 0 radical (unpaired) electrons.